The molecule has 5 heteroatoms. The summed E-state index contributed by atoms with van der Waals surface area (Å²) < 4.78 is 0.853. The van der Waals surface area contributed by atoms with Crippen molar-refractivity contribution in [2.24, 2.45) is 10.9 Å². The van der Waals surface area contributed by atoms with Crippen LogP contribution in [0.2, 0.25) is 0 Å². The van der Waals surface area contributed by atoms with Crippen LogP contribution in [0.25, 0.3) is 0 Å². The van der Waals surface area contributed by atoms with Crippen molar-refractivity contribution in [1.82, 2.24) is 0 Å². The van der Waals surface area contributed by atoms with Crippen molar-refractivity contribution in [1.29, 1.82) is 0 Å². The van der Waals surface area contributed by atoms with Crippen molar-refractivity contribution >= 4 is 32.3 Å². The summed E-state index contributed by atoms with van der Waals surface area (Å²) in [6, 6.07) is 10.4. The summed E-state index contributed by atoms with van der Waals surface area (Å²) in [5, 5.41) is 3.85. The van der Waals surface area contributed by atoms with E-state index >= 15 is 0 Å². The number of rotatable bonds is 5. The minimum absolute atomic E-state index is 0.0210. The fourth-order valence-electron chi connectivity index (χ4n) is 1.59. The van der Waals surface area contributed by atoms with Crippen molar-refractivity contribution in [3.05, 3.63) is 35.9 Å². The highest BCUT2D eigenvalue weighted by atomic mass is 79.9. The maximum atomic E-state index is 6.07. The Hall–Kier alpha value is -0.520. The molecule has 0 bridgehead atoms. The predicted molar refractivity (Wildman–Crippen MR) is 76.4 cm³/mol. The number of oxime groups is 1. The molecular weight excluding hydrogens is 300 g/mol. The molecule has 0 fully saturated rings. The van der Waals surface area contributed by atoms with Gasteiger partial charge in [-0.15, -0.1) is 0 Å². The highest BCUT2D eigenvalue weighted by molar-refractivity contribution is 9.18. The van der Waals surface area contributed by atoms with Gasteiger partial charge >= 0.3 is 0 Å². The van der Waals surface area contributed by atoms with E-state index in [4.69, 9.17) is 10.6 Å². The van der Waals surface area contributed by atoms with E-state index in [-0.39, 0.29) is 12.1 Å². The van der Waals surface area contributed by atoms with Crippen LogP contribution in [0.1, 0.15) is 12.0 Å². The van der Waals surface area contributed by atoms with Crippen LogP contribution in [0.4, 0.5) is 0 Å². The van der Waals surface area contributed by atoms with Crippen molar-refractivity contribution in [2.75, 3.05) is 5.75 Å². The van der Waals surface area contributed by atoms with E-state index in [0.29, 0.717) is 0 Å². The minimum atomic E-state index is 0.0210. The Kier molecular flexibility index (Phi) is 4.88. The first kappa shape index (κ1) is 12.9. The Balaban J connectivity index is 1.69. The third kappa shape index (κ3) is 4.01. The Morgan fingerprint density at radius 1 is 1.47 bits per heavy atom. The minimum Gasteiger partial charge on any atom is -0.390 e. The molecule has 0 aromatic heterocycles. The average Bonchev–Trinajstić information content (AvgIpc) is 2.77. The lowest BCUT2D eigenvalue weighted by molar-refractivity contribution is 0.0714. The third-order valence-corrected chi connectivity index (χ3v) is 4.18. The van der Waals surface area contributed by atoms with Gasteiger partial charge in [0.2, 0.25) is 0 Å². The smallest absolute Gasteiger partial charge is 0.149 e. The van der Waals surface area contributed by atoms with Crippen LogP contribution < -0.4 is 5.73 Å². The summed E-state index contributed by atoms with van der Waals surface area (Å²) in [5.41, 5.74) is 7.39. The summed E-state index contributed by atoms with van der Waals surface area (Å²) in [7, 11) is 0. The maximum Gasteiger partial charge on any atom is 0.149 e. The number of benzene rings is 1. The lowest BCUT2D eigenvalue weighted by Gasteiger charge is -2.16. The van der Waals surface area contributed by atoms with Gasteiger partial charge in [-0.3, -0.25) is 0 Å². The van der Waals surface area contributed by atoms with Crippen LogP contribution in [0, 0.1) is 0 Å². The predicted octanol–water partition coefficient (Wildman–Crippen LogP) is 2.74. The molecule has 17 heavy (non-hydrogen) atoms. The monoisotopic (exact) mass is 314 g/mol. The van der Waals surface area contributed by atoms with E-state index in [9.17, 15) is 0 Å². The number of nitrogens with zero attached hydrogens (tertiary/aromatic N) is 1. The molecule has 2 rings (SSSR count). The Morgan fingerprint density at radius 2 is 2.24 bits per heavy atom. The van der Waals surface area contributed by atoms with Gasteiger partial charge in [-0.2, -0.15) is 11.8 Å². The number of thioether (sulfide) groups is 1. The molecule has 1 aromatic rings. The molecule has 0 spiro atoms. The fourth-order valence-corrected chi connectivity index (χ4v) is 3.02. The van der Waals surface area contributed by atoms with Crippen LogP contribution in [-0.2, 0) is 10.6 Å². The highest BCUT2D eigenvalue weighted by Gasteiger charge is 2.25. The number of halogens is 1. The van der Waals surface area contributed by atoms with Crippen LogP contribution in [0.5, 0.6) is 0 Å². The second kappa shape index (κ2) is 6.42. The first-order valence-electron chi connectivity index (χ1n) is 5.51. The Labute approximate surface area is 114 Å². The van der Waals surface area contributed by atoms with Gasteiger partial charge in [0.1, 0.15) is 10.7 Å². The topological polar surface area (TPSA) is 47.6 Å². The SMILES string of the molecule is N[C@H](CSCc1ccccc1)[C@H]1CC(Br)=NO1. The third-order valence-electron chi connectivity index (χ3n) is 2.56. The van der Waals surface area contributed by atoms with Gasteiger partial charge in [0.25, 0.3) is 0 Å². The standard InChI is InChI=1S/C12H15BrN2OS/c13-12-6-11(16-15-12)10(14)8-17-7-9-4-2-1-3-5-9/h1-5,10-11H,6-8,14H2/t10-,11-/m1/s1. The van der Waals surface area contributed by atoms with Crippen LogP contribution in [0.15, 0.2) is 35.5 Å². The summed E-state index contributed by atoms with van der Waals surface area (Å²) >= 11 is 5.15. The molecule has 1 aromatic carbocycles. The second-order valence-corrected chi connectivity index (χ2v) is 5.93. The fraction of sp³-hybridized carbons (Fsp3) is 0.417. The van der Waals surface area contributed by atoms with Crippen LogP contribution in [0.3, 0.4) is 0 Å². The molecule has 2 N–H and O–H groups in total. The van der Waals surface area contributed by atoms with E-state index in [1.807, 2.05) is 17.8 Å². The van der Waals surface area contributed by atoms with Crippen LogP contribution >= 0.6 is 27.7 Å². The molecule has 0 unspecified atom stereocenters. The van der Waals surface area contributed by atoms with Gasteiger partial charge < -0.3 is 10.6 Å². The van der Waals surface area contributed by atoms with Crippen molar-refractivity contribution in [2.45, 2.75) is 24.3 Å². The molecule has 0 amide bonds. The van der Waals surface area contributed by atoms with Gasteiger partial charge in [0.05, 0.1) is 6.04 Å². The van der Waals surface area contributed by atoms with Gasteiger partial charge in [-0.05, 0) is 21.5 Å². The Bertz CT molecular complexity index is 385. The number of hydrogen-bond acceptors (Lipinski definition) is 4. The second-order valence-electron chi connectivity index (χ2n) is 3.98. The van der Waals surface area contributed by atoms with E-state index in [0.717, 1.165) is 22.5 Å². The zero-order chi connectivity index (χ0) is 12.1. The molecule has 0 saturated heterocycles. The number of nitrogens with two attached hydrogens (primary N) is 1. The van der Waals surface area contributed by atoms with E-state index < -0.39 is 0 Å². The number of hydrogen-bond donors (Lipinski definition) is 1. The molecule has 3 nitrogen and oxygen atoms in total. The van der Waals surface area contributed by atoms with E-state index in [1.54, 1.807) is 0 Å². The van der Waals surface area contributed by atoms with Gasteiger partial charge in [-0.1, -0.05) is 35.5 Å². The van der Waals surface area contributed by atoms with Crippen molar-refractivity contribution in [3.8, 4) is 0 Å². The van der Waals surface area contributed by atoms with E-state index in [1.165, 1.54) is 5.56 Å². The zero-order valence-corrected chi connectivity index (χ0v) is 11.8. The van der Waals surface area contributed by atoms with Gasteiger partial charge in [-0.25, -0.2) is 0 Å². The highest BCUT2D eigenvalue weighted by Crippen LogP contribution is 2.20. The Morgan fingerprint density at radius 3 is 2.88 bits per heavy atom. The molecule has 0 radical (unpaired) electrons. The summed E-state index contributed by atoms with van der Waals surface area (Å²) in [5.74, 6) is 1.87. The van der Waals surface area contributed by atoms with Crippen molar-refractivity contribution < 1.29 is 4.84 Å². The first-order chi connectivity index (χ1) is 8.25. The average molecular weight is 315 g/mol. The van der Waals surface area contributed by atoms with Gasteiger partial charge in [0.15, 0.2) is 0 Å². The maximum absolute atomic E-state index is 6.07. The normalized spacial score (nSPS) is 20.8. The lowest BCUT2D eigenvalue weighted by Crippen LogP contribution is -2.36. The molecule has 0 aliphatic carbocycles. The molecule has 2 atom stereocenters. The lowest BCUT2D eigenvalue weighted by atomic mass is 10.1. The van der Waals surface area contributed by atoms with Crippen LogP contribution in [-0.4, -0.2) is 22.5 Å². The molecule has 1 heterocycles. The first-order valence-corrected chi connectivity index (χ1v) is 7.46. The molecule has 92 valence electrons. The summed E-state index contributed by atoms with van der Waals surface area (Å²) in [4.78, 5) is 5.23. The van der Waals surface area contributed by atoms with Gasteiger partial charge in [0, 0.05) is 17.9 Å². The zero-order valence-electron chi connectivity index (χ0n) is 9.38. The summed E-state index contributed by atoms with van der Waals surface area (Å²) in [6.07, 6.45) is 0.806. The van der Waals surface area contributed by atoms with Crippen molar-refractivity contribution in [3.63, 3.8) is 0 Å². The summed E-state index contributed by atoms with van der Waals surface area (Å²) in [6.45, 7) is 0. The molecule has 1 aliphatic heterocycles. The largest absolute Gasteiger partial charge is 0.390 e. The molecular formula is C12H15BrN2OS. The quantitative estimate of drug-likeness (QED) is 0.909. The molecule has 1 aliphatic rings. The van der Waals surface area contributed by atoms with E-state index in [2.05, 4.69) is 45.4 Å². The molecule has 0 saturated carbocycles.